The van der Waals surface area contributed by atoms with Crippen molar-refractivity contribution in [2.45, 2.75) is 26.2 Å². The lowest BCUT2D eigenvalue weighted by Gasteiger charge is -2.08. The van der Waals surface area contributed by atoms with Crippen LogP contribution in [-0.4, -0.2) is 5.16 Å². The Morgan fingerprint density at radius 2 is 2.27 bits per heavy atom. The molecule has 3 heteroatoms. The minimum absolute atomic E-state index is 0.544. The second-order valence-corrected chi connectivity index (χ2v) is 3.06. The third-order valence-electron chi connectivity index (χ3n) is 1.55. The maximum Gasteiger partial charge on any atom is 0.133 e. The Morgan fingerprint density at radius 3 is 2.64 bits per heavy atom. The molecule has 0 aliphatic heterocycles. The highest BCUT2D eigenvalue weighted by molar-refractivity contribution is 5.22. The number of hydrogen-bond acceptors (Lipinski definition) is 3. The lowest BCUT2D eigenvalue weighted by atomic mass is 9.91. The van der Waals surface area contributed by atoms with Crippen molar-refractivity contribution in [3.63, 3.8) is 0 Å². The van der Waals surface area contributed by atoms with Crippen molar-refractivity contribution < 1.29 is 4.52 Å². The Kier molecular flexibility index (Phi) is 1.69. The van der Waals surface area contributed by atoms with Gasteiger partial charge in [0, 0.05) is 6.07 Å². The third kappa shape index (κ3) is 1.40. The van der Waals surface area contributed by atoms with E-state index in [4.69, 9.17) is 9.78 Å². The van der Waals surface area contributed by atoms with Crippen molar-refractivity contribution in [2.75, 3.05) is 0 Å². The Hall–Kier alpha value is -1.30. The molecule has 58 valence electrons. The van der Waals surface area contributed by atoms with Gasteiger partial charge in [-0.3, -0.25) is 0 Å². The summed E-state index contributed by atoms with van der Waals surface area (Å²) in [5, 5.41) is 12.5. The minimum Gasteiger partial charge on any atom is -0.361 e. The number of nitrogens with zero attached hydrogens (tertiary/aromatic N) is 2. The van der Waals surface area contributed by atoms with Gasteiger partial charge in [0.1, 0.15) is 11.5 Å². The fraction of sp³-hybridized carbons (Fsp3) is 0.500. The lowest BCUT2D eigenvalue weighted by Crippen LogP contribution is -2.13. The van der Waals surface area contributed by atoms with Crippen LogP contribution in [-0.2, 0) is 5.41 Å². The largest absolute Gasteiger partial charge is 0.361 e. The van der Waals surface area contributed by atoms with Gasteiger partial charge < -0.3 is 4.52 Å². The Labute approximate surface area is 65.6 Å². The smallest absolute Gasteiger partial charge is 0.133 e. The zero-order chi connectivity index (χ0) is 8.48. The maximum absolute atomic E-state index is 8.73. The van der Waals surface area contributed by atoms with Gasteiger partial charge in [-0.05, 0) is 20.8 Å². The summed E-state index contributed by atoms with van der Waals surface area (Å²) in [6.45, 7) is 5.43. The second-order valence-electron chi connectivity index (χ2n) is 3.06. The molecule has 1 heterocycles. The summed E-state index contributed by atoms with van der Waals surface area (Å²) in [5.41, 5.74) is 0.148. The lowest BCUT2D eigenvalue weighted by molar-refractivity contribution is 0.382. The Balaban J connectivity index is 3.04. The molecule has 1 aromatic heterocycles. The number of hydrogen-bond donors (Lipinski definition) is 0. The van der Waals surface area contributed by atoms with Crippen molar-refractivity contribution in [3.8, 4) is 6.07 Å². The van der Waals surface area contributed by atoms with Crippen LogP contribution in [0.15, 0.2) is 10.6 Å². The van der Waals surface area contributed by atoms with Crippen molar-refractivity contribution >= 4 is 0 Å². The molecule has 11 heavy (non-hydrogen) atoms. The van der Waals surface area contributed by atoms with Crippen LogP contribution in [0, 0.1) is 18.3 Å². The summed E-state index contributed by atoms with van der Waals surface area (Å²) < 4.78 is 4.85. The first-order valence-electron chi connectivity index (χ1n) is 3.41. The van der Waals surface area contributed by atoms with Crippen LogP contribution < -0.4 is 0 Å². The summed E-state index contributed by atoms with van der Waals surface area (Å²) in [4.78, 5) is 0. The van der Waals surface area contributed by atoms with E-state index in [1.165, 1.54) is 0 Å². The molecule has 0 unspecified atom stereocenters. The number of rotatable bonds is 1. The zero-order valence-corrected chi connectivity index (χ0v) is 6.88. The van der Waals surface area contributed by atoms with Crippen molar-refractivity contribution in [3.05, 3.63) is 17.5 Å². The SMILES string of the molecule is Cc1cc(C(C)(C)C#N)no1. The number of aryl methyl sites for hydroxylation is 1. The van der Waals surface area contributed by atoms with Crippen LogP contribution in [0.2, 0.25) is 0 Å². The topological polar surface area (TPSA) is 49.8 Å². The van der Waals surface area contributed by atoms with Gasteiger partial charge in [-0.15, -0.1) is 0 Å². The highest BCUT2D eigenvalue weighted by Crippen LogP contribution is 2.20. The molecule has 0 aliphatic carbocycles. The Bertz CT molecular complexity index is 293. The molecule has 0 spiro atoms. The predicted molar refractivity (Wildman–Crippen MR) is 39.9 cm³/mol. The normalized spacial score (nSPS) is 11.1. The summed E-state index contributed by atoms with van der Waals surface area (Å²) >= 11 is 0. The van der Waals surface area contributed by atoms with E-state index in [-0.39, 0.29) is 0 Å². The fourth-order valence-corrected chi connectivity index (χ4v) is 0.718. The number of aromatic nitrogens is 1. The molecule has 0 atom stereocenters. The van der Waals surface area contributed by atoms with Crippen LogP contribution in [0.5, 0.6) is 0 Å². The average Bonchev–Trinajstić information content (AvgIpc) is 2.36. The average molecular weight is 150 g/mol. The molecule has 0 bridgehead atoms. The first-order valence-corrected chi connectivity index (χ1v) is 3.41. The van der Waals surface area contributed by atoms with E-state index in [1.54, 1.807) is 6.07 Å². The molecule has 1 rings (SSSR count). The standard InChI is InChI=1S/C8H10N2O/c1-6-4-7(10-11-6)8(2,3)5-9/h4H,1-3H3. The van der Waals surface area contributed by atoms with Gasteiger partial charge in [0.2, 0.25) is 0 Å². The van der Waals surface area contributed by atoms with Crippen LogP contribution in [0.1, 0.15) is 25.3 Å². The van der Waals surface area contributed by atoms with E-state index in [0.717, 1.165) is 5.76 Å². The fourth-order valence-electron chi connectivity index (χ4n) is 0.718. The van der Waals surface area contributed by atoms with Gasteiger partial charge >= 0.3 is 0 Å². The zero-order valence-electron chi connectivity index (χ0n) is 6.88. The molecule has 0 saturated carbocycles. The quantitative estimate of drug-likeness (QED) is 0.613. The number of nitriles is 1. The Morgan fingerprint density at radius 1 is 1.64 bits per heavy atom. The highest BCUT2D eigenvalue weighted by atomic mass is 16.5. The van der Waals surface area contributed by atoms with E-state index >= 15 is 0 Å². The van der Waals surface area contributed by atoms with E-state index in [1.807, 2.05) is 20.8 Å². The molecule has 3 nitrogen and oxygen atoms in total. The van der Waals surface area contributed by atoms with Crippen molar-refractivity contribution in [1.29, 1.82) is 5.26 Å². The molecule has 0 amide bonds. The van der Waals surface area contributed by atoms with Crippen molar-refractivity contribution in [1.82, 2.24) is 5.16 Å². The van der Waals surface area contributed by atoms with E-state index < -0.39 is 5.41 Å². The third-order valence-corrected chi connectivity index (χ3v) is 1.55. The minimum atomic E-state index is -0.544. The predicted octanol–water partition coefficient (Wildman–Crippen LogP) is 1.78. The molecule has 0 saturated heterocycles. The van der Waals surface area contributed by atoms with E-state index in [0.29, 0.717) is 5.69 Å². The van der Waals surface area contributed by atoms with Crippen molar-refractivity contribution in [2.24, 2.45) is 0 Å². The molecule has 1 aromatic rings. The first-order chi connectivity index (χ1) is 5.06. The van der Waals surface area contributed by atoms with E-state index in [2.05, 4.69) is 11.2 Å². The highest BCUT2D eigenvalue weighted by Gasteiger charge is 2.23. The molecule has 0 aliphatic rings. The van der Waals surface area contributed by atoms with E-state index in [9.17, 15) is 0 Å². The maximum atomic E-state index is 8.73. The van der Waals surface area contributed by atoms with Gasteiger partial charge in [-0.1, -0.05) is 5.16 Å². The van der Waals surface area contributed by atoms with Crippen LogP contribution in [0.25, 0.3) is 0 Å². The van der Waals surface area contributed by atoms with Crippen LogP contribution in [0.4, 0.5) is 0 Å². The molecule has 0 fully saturated rings. The molecular formula is C8H10N2O. The molecule has 0 radical (unpaired) electrons. The van der Waals surface area contributed by atoms with Crippen LogP contribution >= 0.6 is 0 Å². The van der Waals surface area contributed by atoms with Crippen LogP contribution in [0.3, 0.4) is 0 Å². The van der Waals surface area contributed by atoms with Gasteiger partial charge in [0.05, 0.1) is 11.5 Å². The van der Waals surface area contributed by atoms with Gasteiger partial charge in [0.25, 0.3) is 0 Å². The second kappa shape index (κ2) is 2.39. The molecule has 0 N–H and O–H groups in total. The molecule has 0 aromatic carbocycles. The van der Waals surface area contributed by atoms with Gasteiger partial charge in [0.15, 0.2) is 0 Å². The summed E-state index contributed by atoms with van der Waals surface area (Å²) in [5.74, 6) is 0.739. The summed E-state index contributed by atoms with van der Waals surface area (Å²) in [6.07, 6.45) is 0. The van der Waals surface area contributed by atoms with Gasteiger partial charge in [-0.2, -0.15) is 5.26 Å². The summed E-state index contributed by atoms with van der Waals surface area (Å²) in [7, 11) is 0. The summed E-state index contributed by atoms with van der Waals surface area (Å²) in [6, 6.07) is 3.93. The first kappa shape index (κ1) is 7.80. The van der Waals surface area contributed by atoms with Gasteiger partial charge in [-0.25, -0.2) is 0 Å². The molecular weight excluding hydrogens is 140 g/mol. The monoisotopic (exact) mass is 150 g/mol.